The van der Waals surface area contributed by atoms with Crippen molar-refractivity contribution < 1.29 is 57.1 Å². The highest BCUT2D eigenvalue weighted by atomic mass is 19.4. The fourth-order valence-corrected chi connectivity index (χ4v) is 2.21. The normalized spacial score (nSPS) is 23.3. The number of nitriles is 2. The maximum atomic E-state index is 13.9. The molecule has 0 aromatic rings. The van der Waals surface area contributed by atoms with E-state index < -0.39 is 65.7 Å². The summed E-state index contributed by atoms with van der Waals surface area (Å²) in [5.74, 6) is -31.8. The van der Waals surface area contributed by atoms with Gasteiger partial charge in [-0.05, 0) is 12.5 Å². The van der Waals surface area contributed by atoms with Crippen LogP contribution in [0.2, 0.25) is 0 Å². The van der Waals surface area contributed by atoms with E-state index >= 15 is 0 Å². The number of allylic oxidation sites excluding steroid dienone is 2. The first-order valence-electron chi connectivity index (χ1n) is 6.69. The third kappa shape index (κ3) is 3.04. The molecule has 0 unspecified atom stereocenters. The molecular weight excluding hydrogens is 431 g/mol. The lowest BCUT2D eigenvalue weighted by Crippen LogP contribution is -2.66. The number of nitrogens with zero attached hydrogens (tertiary/aromatic N) is 2. The average molecular weight is 436 g/mol. The minimum absolute atomic E-state index is 0.396. The van der Waals surface area contributed by atoms with E-state index in [0.717, 1.165) is 0 Å². The maximum absolute atomic E-state index is 13.9. The summed E-state index contributed by atoms with van der Waals surface area (Å²) < 4.78 is 170. The zero-order chi connectivity index (χ0) is 22.6. The predicted octanol–water partition coefficient (Wildman–Crippen LogP) is 5.48. The van der Waals surface area contributed by atoms with E-state index in [4.69, 9.17) is 10.5 Å². The second-order valence-corrected chi connectivity index (χ2v) is 5.74. The SMILES string of the molecule is N#CC(C#N)(CCC(F)(F)C(F)(F)F)C1=CC(F)(F)C(F)(F)C(F)(F)C1(F)F. The van der Waals surface area contributed by atoms with E-state index in [0.29, 0.717) is 12.1 Å². The van der Waals surface area contributed by atoms with Crippen molar-refractivity contribution >= 4 is 0 Å². The van der Waals surface area contributed by atoms with Crippen LogP contribution in [0, 0.1) is 28.1 Å². The van der Waals surface area contributed by atoms with E-state index in [-0.39, 0.29) is 0 Å². The van der Waals surface area contributed by atoms with Crippen molar-refractivity contribution in [2.75, 3.05) is 0 Å². The van der Waals surface area contributed by atoms with Crippen LogP contribution in [0.1, 0.15) is 12.8 Å². The lowest BCUT2D eigenvalue weighted by atomic mass is 9.69. The standard InChI is InChI=1S/C13H5F13N2/c14-8(15,13(24,25)26)2-1-7(4-27,5-28)6-3-9(16,17)11(20,21)12(22,23)10(6,18)19/h3H,1-2H2. The Morgan fingerprint density at radius 3 is 1.54 bits per heavy atom. The first-order valence-corrected chi connectivity index (χ1v) is 6.69. The first-order chi connectivity index (χ1) is 12.2. The topological polar surface area (TPSA) is 47.6 Å². The van der Waals surface area contributed by atoms with Gasteiger partial charge in [-0.25, -0.2) is 0 Å². The highest BCUT2D eigenvalue weighted by Crippen LogP contribution is 2.62. The van der Waals surface area contributed by atoms with E-state index in [1.54, 1.807) is 0 Å². The Morgan fingerprint density at radius 1 is 0.750 bits per heavy atom. The minimum Gasteiger partial charge on any atom is -0.196 e. The van der Waals surface area contributed by atoms with E-state index in [2.05, 4.69) is 0 Å². The number of hydrogen-bond donors (Lipinski definition) is 0. The summed E-state index contributed by atoms with van der Waals surface area (Å²) in [4.78, 5) is 0. The third-order valence-corrected chi connectivity index (χ3v) is 3.94. The predicted molar refractivity (Wildman–Crippen MR) is 61.8 cm³/mol. The van der Waals surface area contributed by atoms with Crippen LogP contribution in [0.4, 0.5) is 57.1 Å². The molecule has 0 bridgehead atoms. The second kappa shape index (κ2) is 6.15. The number of rotatable bonds is 4. The van der Waals surface area contributed by atoms with E-state index in [1.807, 2.05) is 0 Å². The fraction of sp³-hybridized carbons (Fsp3) is 0.692. The molecule has 28 heavy (non-hydrogen) atoms. The summed E-state index contributed by atoms with van der Waals surface area (Å²) in [6, 6.07) is 0.792. The molecule has 0 aromatic carbocycles. The Hall–Kier alpha value is -2.19. The summed E-state index contributed by atoms with van der Waals surface area (Å²) in [7, 11) is 0. The van der Waals surface area contributed by atoms with Crippen LogP contribution < -0.4 is 0 Å². The van der Waals surface area contributed by atoms with Crippen molar-refractivity contribution in [1.29, 1.82) is 10.5 Å². The molecule has 0 N–H and O–H groups in total. The summed E-state index contributed by atoms with van der Waals surface area (Å²) >= 11 is 0. The van der Waals surface area contributed by atoms with Gasteiger partial charge in [-0.1, -0.05) is 0 Å². The largest absolute Gasteiger partial charge is 0.453 e. The fourth-order valence-electron chi connectivity index (χ4n) is 2.21. The Labute approximate surface area is 146 Å². The highest BCUT2D eigenvalue weighted by molar-refractivity contribution is 5.44. The molecule has 0 aliphatic heterocycles. The molecule has 0 spiro atoms. The van der Waals surface area contributed by atoms with Crippen LogP contribution in [-0.2, 0) is 0 Å². The van der Waals surface area contributed by atoms with E-state index in [9.17, 15) is 57.1 Å². The number of halogens is 13. The Balaban J connectivity index is 3.64. The molecule has 0 radical (unpaired) electrons. The van der Waals surface area contributed by atoms with Gasteiger partial charge in [0.2, 0.25) is 0 Å². The van der Waals surface area contributed by atoms with Crippen LogP contribution in [0.25, 0.3) is 0 Å². The molecule has 1 rings (SSSR count). The van der Waals surface area contributed by atoms with Gasteiger partial charge in [0, 0.05) is 12.0 Å². The molecule has 0 aromatic heterocycles. The third-order valence-electron chi connectivity index (χ3n) is 3.94. The molecule has 15 heteroatoms. The molecule has 1 aliphatic rings. The van der Waals surface area contributed by atoms with Crippen LogP contribution >= 0.6 is 0 Å². The van der Waals surface area contributed by atoms with Crippen LogP contribution in [0.3, 0.4) is 0 Å². The molecule has 0 saturated heterocycles. The van der Waals surface area contributed by atoms with Gasteiger partial charge in [0.15, 0.2) is 5.41 Å². The molecule has 1 aliphatic carbocycles. The van der Waals surface area contributed by atoms with Gasteiger partial charge in [0.1, 0.15) is 0 Å². The number of hydrogen-bond acceptors (Lipinski definition) is 2. The lowest BCUT2D eigenvalue weighted by Gasteiger charge is -2.43. The summed E-state index contributed by atoms with van der Waals surface area (Å²) in [6.07, 6.45) is -12.8. The van der Waals surface area contributed by atoms with Crippen LogP contribution in [0.5, 0.6) is 0 Å². The van der Waals surface area contributed by atoms with Crippen molar-refractivity contribution in [2.45, 2.75) is 48.6 Å². The highest BCUT2D eigenvalue weighted by Gasteiger charge is 2.85. The molecule has 158 valence electrons. The smallest absolute Gasteiger partial charge is 0.196 e. The lowest BCUT2D eigenvalue weighted by molar-refractivity contribution is -0.357. The zero-order valence-electron chi connectivity index (χ0n) is 12.8. The summed E-state index contributed by atoms with van der Waals surface area (Å²) in [5, 5.41) is 17.6. The minimum atomic E-state index is -6.90. The van der Waals surface area contributed by atoms with Crippen molar-refractivity contribution in [3.05, 3.63) is 11.6 Å². The molecule has 2 nitrogen and oxygen atoms in total. The molecule has 0 amide bonds. The zero-order valence-corrected chi connectivity index (χ0v) is 12.8. The molecule has 0 fully saturated rings. The van der Waals surface area contributed by atoms with Crippen LogP contribution in [0.15, 0.2) is 11.6 Å². The van der Waals surface area contributed by atoms with Crippen LogP contribution in [-0.4, -0.2) is 35.8 Å². The first kappa shape index (κ1) is 23.8. The van der Waals surface area contributed by atoms with Crippen molar-refractivity contribution in [1.82, 2.24) is 0 Å². The summed E-state index contributed by atoms with van der Waals surface area (Å²) in [6.45, 7) is 0. The van der Waals surface area contributed by atoms with E-state index in [1.165, 1.54) is 0 Å². The van der Waals surface area contributed by atoms with Gasteiger partial charge < -0.3 is 0 Å². The monoisotopic (exact) mass is 436 g/mol. The van der Waals surface area contributed by atoms with Gasteiger partial charge in [-0.2, -0.15) is 67.6 Å². The summed E-state index contributed by atoms with van der Waals surface area (Å²) in [5.41, 5.74) is -7.11. The Bertz CT molecular complexity index is 734. The molecule has 0 saturated carbocycles. The van der Waals surface area contributed by atoms with Crippen molar-refractivity contribution in [3.8, 4) is 12.1 Å². The second-order valence-electron chi connectivity index (χ2n) is 5.74. The van der Waals surface area contributed by atoms with Crippen molar-refractivity contribution in [2.24, 2.45) is 5.41 Å². The van der Waals surface area contributed by atoms with Gasteiger partial charge in [-0.15, -0.1) is 0 Å². The molecular formula is C13H5F13N2. The Morgan fingerprint density at radius 2 is 1.18 bits per heavy atom. The quantitative estimate of drug-likeness (QED) is 0.433. The molecule has 0 heterocycles. The van der Waals surface area contributed by atoms with Gasteiger partial charge in [-0.3, -0.25) is 0 Å². The average Bonchev–Trinajstić information content (AvgIpc) is 2.52. The maximum Gasteiger partial charge on any atom is 0.453 e. The van der Waals surface area contributed by atoms with Crippen molar-refractivity contribution in [3.63, 3.8) is 0 Å². The molecule has 0 atom stereocenters. The van der Waals surface area contributed by atoms with Gasteiger partial charge in [0.25, 0.3) is 0 Å². The van der Waals surface area contributed by atoms with Gasteiger partial charge >= 0.3 is 35.8 Å². The Kier molecular flexibility index (Phi) is 5.24. The number of alkyl halides is 13. The van der Waals surface area contributed by atoms with Gasteiger partial charge in [0.05, 0.1) is 12.1 Å².